The van der Waals surface area contributed by atoms with Crippen LogP contribution in [0.5, 0.6) is 5.75 Å². The van der Waals surface area contributed by atoms with E-state index in [2.05, 4.69) is 50.0 Å². The monoisotopic (exact) mass is 462 g/mol. The molecular formula is C25H30N6O3. The first kappa shape index (κ1) is 23.6. The number of aromatic nitrogens is 4. The van der Waals surface area contributed by atoms with Gasteiger partial charge >= 0.3 is 5.97 Å². The Morgan fingerprint density at radius 3 is 2.53 bits per heavy atom. The summed E-state index contributed by atoms with van der Waals surface area (Å²) in [6.45, 7) is 8.92. The maximum atomic E-state index is 10.7. The number of carboxylic acid groups (broad SMARTS) is 1. The quantitative estimate of drug-likeness (QED) is 0.443. The normalized spacial score (nSPS) is 15.8. The number of carbonyl (C=O) groups is 1. The average molecular weight is 463 g/mol. The van der Waals surface area contributed by atoms with Crippen molar-refractivity contribution in [2.75, 3.05) is 32.7 Å². The Balaban J connectivity index is 1.53. The van der Waals surface area contributed by atoms with E-state index in [1.807, 2.05) is 30.3 Å². The highest BCUT2D eigenvalue weighted by Gasteiger charge is 2.26. The van der Waals surface area contributed by atoms with E-state index in [1.54, 1.807) is 6.07 Å². The average Bonchev–Trinajstić information content (AvgIpc) is 3.30. The Hall–Kier alpha value is -3.56. The minimum atomic E-state index is -0.834. The number of aromatic hydroxyl groups is 1. The van der Waals surface area contributed by atoms with Gasteiger partial charge in [0.25, 0.3) is 0 Å². The standard InChI is InChI=1S/C25H30N6O3/c1-2-12-29-14-16-30(17-15-29)24(21-5-3-6-22(32)18-21)19-8-10-20(11-9-19)25-26-28-31(27-25)13-4-7-23(33)34/h2-3,5-6,8-11,18,24,32H,1,4,7,12-17H2,(H,33,34)/t24-/m0/s1. The zero-order valence-corrected chi connectivity index (χ0v) is 19.1. The number of carboxylic acids is 1. The van der Waals surface area contributed by atoms with Gasteiger partial charge < -0.3 is 10.2 Å². The van der Waals surface area contributed by atoms with Gasteiger partial charge in [-0.25, -0.2) is 0 Å². The van der Waals surface area contributed by atoms with Gasteiger partial charge in [-0.3, -0.25) is 14.6 Å². The van der Waals surface area contributed by atoms with Gasteiger partial charge in [0.05, 0.1) is 12.6 Å². The van der Waals surface area contributed by atoms with E-state index in [0.717, 1.165) is 49.4 Å². The lowest BCUT2D eigenvalue weighted by atomic mass is 9.95. The topological polar surface area (TPSA) is 108 Å². The molecule has 1 aliphatic rings. The van der Waals surface area contributed by atoms with Crippen LogP contribution in [-0.4, -0.2) is 78.9 Å². The second-order valence-electron chi connectivity index (χ2n) is 8.45. The summed E-state index contributed by atoms with van der Waals surface area (Å²) in [7, 11) is 0. The molecule has 0 aliphatic carbocycles. The minimum Gasteiger partial charge on any atom is -0.508 e. The lowest BCUT2D eigenvalue weighted by molar-refractivity contribution is -0.137. The van der Waals surface area contributed by atoms with E-state index in [-0.39, 0.29) is 18.2 Å². The van der Waals surface area contributed by atoms with Gasteiger partial charge in [0, 0.05) is 44.7 Å². The van der Waals surface area contributed by atoms with Crippen LogP contribution in [0.15, 0.2) is 61.2 Å². The van der Waals surface area contributed by atoms with Crippen molar-refractivity contribution in [3.05, 3.63) is 72.3 Å². The predicted octanol–water partition coefficient (Wildman–Crippen LogP) is 2.80. The molecule has 1 fully saturated rings. The molecule has 0 unspecified atom stereocenters. The van der Waals surface area contributed by atoms with Gasteiger partial charge in [-0.2, -0.15) is 4.80 Å². The zero-order valence-electron chi connectivity index (χ0n) is 19.1. The van der Waals surface area contributed by atoms with Gasteiger partial charge in [0.15, 0.2) is 0 Å². The first-order valence-corrected chi connectivity index (χ1v) is 11.5. The number of nitrogens with zero attached hydrogens (tertiary/aromatic N) is 6. The van der Waals surface area contributed by atoms with Crippen LogP contribution in [0.2, 0.25) is 0 Å². The van der Waals surface area contributed by atoms with Crippen LogP contribution in [0.1, 0.15) is 30.0 Å². The number of phenolic OH excluding ortho intramolecular Hbond substituents is 1. The fourth-order valence-corrected chi connectivity index (χ4v) is 4.34. The Bertz CT molecular complexity index is 1110. The molecule has 1 atom stereocenters. The van der Waals surface area contributed by atoms with Crippen LogP contribution < -0.4 is 0 Å². The number of aryl methyl sites for hydroxylation is 1. The van der Waals surface area contributed by atoms with Crippen LogP contribution >= 0.6 is 0 Å². The first-order valence-electron chi connectivity index (χ1n) is 11.5. The van der Waals surface area contributed by atoms with E-state index in [0.29, 0.717) is 18.8 Å². The number of hydrogen-bond donors (Lipinski definition) is 2. The highest BCUT2D eigenvalue weighted by atomic mass is 16.4. The zero-order chi connectivity index (χ0) is 23.9. The second-order valence-corrected chi connectivity index (χ2v) is 8.45. The molecular weight excluding hydrogens is 432 g/mol. The molecule has 0 amide bonds. The van der Waals surface area contributed by atoms with Crippen LogP contribution in [0, 0.1) is 0 Å². The Labute approximate surface area is 198 Å². The largest absolute Gasteiger partial charge is 0.508 e. The van der Waals surface area contributed by atoms with Gasteiger partial charge in [0.1, 0.15) is 5.75 Å². The third-order valence-corrected chi connectivity index (χ3v) is 6.03. The van der Waals surface area contributed by atoms with Crippen molar-refractivity contribution in [3.63, 3.8) is 0 Å². The molecule has 9 heteroatoms. The molecule has 2 aromatic carbocycles. The summed E-state index contributed by atoms with van der Waals surface area (Å²) in [5.74, 6) is -0.0683. The van der Waals surface area contributed by atoms with Crippen molar-refractivity contribution in [2.45, 2.75) is 25.4 Å². The van der Waals surface area contributed by atoms with Gasteiger partial charge in [0.2, 0.25) is 5.82 Å². The van der Waals surface area contributed by atoms with Crippen molar-refractivity contribution in [2.24, 2.45) is 0 Å². The lowest BCUT2D eigenvalue weighted by Gasteiger charge is -2.39. The third kappa shape index (κ3) is 5.86. The molecule has 1 aliphatic heterocycles. The minimum absolute atomic E-state index is 0.0201. The molecule has 178 valence electrons. The maximum absolute atomic E-state index is 10.7. The number of piperazine rings is 1. The summed E-state index contributed by atoms with van der Waals surface area (Å²) in [5, 5.41) is 31.4. The summed E-state index contributed by atoms with van der Waals surface area (Å²) in [6, 6.07) is 15.6. The van der Waals surface area contributed by atoms with Crippen molar-refractivity contribution in [1.82, 2.24) is 30.0 Å². The predicted molar refractivity (Wildman–Crippen MR) is 128 cm³/mol. The van der Waals surface area contributed by atoms with Gasteiger partial charge in [-0.1, -0.05) is 42.5 Å². The van der Waals surface area contributed by atoms with Crippen molar-refractivity contribution < 1.29 is 15.0 Å². The van der Waals surface area contributed by atoms with Crippen molar-refractivity contribution in [3.8, 4) is 17.1 Å². The molecule has 1 aromatic heterocycles. The number of aliphatic carboxylic acids is 1. The number of hydrogen-bond acceptors (Lipinski definition) is 7. The van der Waals surface area contributed by atoms with Crippen LogP contribution in [0.3, 0.4) is 0 Å². The van der Waals surface area contributed by atoms with Crippen molar-refractivity contribution in [1.29, 1.82) is 0 Å². The molecule has 1 saturated heterocycles. The highest BCUT2D eigenvalue weighted by Crippen LogP contribution is 2.32. The number of phenols is 1. The molecule has 2 heterocycles. The number of benzene rings is 2. The summed E-state index contributed by atoms with van der Waals surface area (Å²) in [4.78, 5) is 17.0. The molecule has 2 N–H and O–H groups in total. The fourth-order valence-electron chi connectivity index (χ4n) is 4.34. The molecule has 9 nitrogen and oxygen atoms in total. The Kier molecular flexibility index (Phi) is 7.66. The van der Waals surface area contributed by atoms with E-state index in [9.17, 15) is 9.90 Å². The Morgan fingerprint density at radius 1 is 1.09 bits per heavy atom. The number of tetrazole rings is 1. The van der Waals surface area contributed by atoms with E-state index >= 15 is 0 Å². The van der Waals surface area contributed by atoms with Gasteiger partial charge in [-0.05, 0) is 34.9 Å². The van der Waals surface area contributed by atoms with Crippen LogP contribution in [0.25, 0.3) is 11.4 Å². The number of rotatable bonds is 10. The van der Waals surface area contributed by atoms with Crippen molar-refractivity contribution >= 4 is 5.97 Å². The lowest BCUT2D eigenvalue weighted by Crippen LogP contribution is -2.47. The smallest absolute Gasteiger partial charge is 0.303 e. The molecule has 34 heavy (non-hydrogen) atoms. The first-order chi connectivity index (χ1) is 16.5. The molecule has 4 rings (SSSR count). The second kappa shape index (κ2) is 11.0. The molecule has 0 spiro atoms. The van der Waals surface area contributed by atoms with E-state index in [1.165, 1.54) is 4.80 Å². The summed E-state index contributed by atoms with van der Waals surface area (Å²) >= 11 is 0. The van der Waals surface area contributed by atoms with Crippen LogP contribution in [-0.2, 0) is 11.3 Å². The molecule has 0 radical (unpaired) electrons. The van der Waals surface area contributed by atoms with E-state index in [4.69, 9.17) is 5.11 Å². The molecule has 3 aromatic rings. The summed E-state index contributed by atoms with van der Waals surface area (Å²) in [6.07, 6.45) is 2.47. The highest BCUT2D eigenvalue weighted by molar-refractivity contribution is 5.66. The van der Waals surface area contributed by atoms with Gasteiger partial charge in [-0.15, -0.1) is 16.8 Å². The van der Waals surface area contributed by atoms with E-state index < -0.39 is 5.97 Å². The molecule has 0 bridgehead atoms. The Morgan fingerprint density at radius 2 is 1.85 bits per heavy atom. The molecule has 0 saturated carbocycles. The fraction of sp³-hybridized carbons (Fsp3) is 0.360. The summed E-state index contributed by atoms with van der Waals surface area (Å²) in [5.41, 5.74) is 3.02. The summed E-state index contributed by atoms with van der Waals surface area (Å²) < 4.78 is 0. The SMILES string of the molecule is C=CCN1CCN([C@@H](c2ccc(-c3nnn(CCCC(=O)O)n3)cc2)c2cccc(O)c2)CC1. The maximum Gasteiger partial charge on any atom is 0.303 e. The van der Waals surface area contributed by atoms with Crippen LogP contribution in [0.4, 0.5) is 0 Å². The third-order valence-electron chi connectivity index (χ3n) is 6.03.